The minimum Gasteiger partial charge on any atom is -0.475 e. The van der Waals surface area contributed by atoms with Crippen molar-refractivity contribution in [2.45, 2.75) is 19.6 Å². The van der Waals surface area contributed by atoms with Gasteiger partial charge in [0.2, 0.25) is 0 Å². The van der Waals surface area contributed by atoms with E-state index in [1.165, 1.54) is 5.56 Å². The van der Waals surface area contributed by atoms with Gasteiger partial charge in [0.05, 0.1) is 13.2 Å². The second-order valence-corrected chi connectivity index (χ2v) is 5.87. The Balaban J connectivity index is 0.000000321. The molecule has 1 N–H and O–H groups in total. The number of hydrogen-bond acceptors (Lipinski definition) is 5. The van der Waals surface area contributed by atoms with E-state index in [0.717, 1.165) is 49.9 Å². The minimum absolute atomic E-state index is 0.814. The second kappa shape index (κ2) is 9.43. The van der Waals surface area contributed by atoms with Crippen molar-refractivity contribution in [1.82, 2.24) is 14.9 Å². The van der Waals surface area contributed by atoms with E-state index in [-0.39, 0.29) is 0 Å². The first kappa shape index (κ1) is 20.8. The van der Waals surface area contributed by atoms with E-state index in [0.29, 0.717) is 0 Å². The summed E-state index contributed by atoms with van der Waals surface area (Å²) in [4.78, 5) is 20.3. The van der Waals surface area contributed by atoms with Crippen molar-refractivity contribution < 1.29 is 27.8 Å². The molecule has 0 atom stereocenters. The molecule has 0 unspecified atom stereocenters. The van der Waals surface area contributed by atoms with Crippen molar-refractivity contribution in [3.63, 3.8) is 0 Å². The zero-order chi connectivity index (χ0) is 19.9. The Morgan fingerprint density at radius 2 is 1.85 bits per heavy atom. The number of ether oxygens (including phenoxy) is 1. The molecule has 1 saturated heterocycles. The van der Waals surface area contributed by atoms with Crippen LogP contribution in [-0.4, -0.2) is 58.4 Å². The lowest BCUT2D eigenvalue weighted by atomic mass is 10.1. The summed E-state index contributed by atoms with van der Waals surface area (Å²) in [5.41, 5.74) is 3.40. The highest BCUT2D eigenvalue weighted by atomic mass is 19.4. The Morgan fingerprint density at radius 1 is 1.22 bits per heavy atom. The van der Waals surface area contributed by atoms with Gasteiger partial charge in [-0.1, -0.05) is 24.3 Å². The van der Waals surface area contributed by atoms with Crippen molar-refractivity contribution in [2.75, 3.05) is 26.3 Å². The van der Waals surface area contributed by atoms with Crippen molar-refractivity contribution >= 4 is 5.97 Å². The molecular weight excluding hydrogens is 363 g/mol. The Hall–Kier alpha value is -2.52. The first-order chi connectivity index (χ1) is 12.8. The van der Waals surface area contributed by atoms with E-state index in [1.807, 2.05) is 25.3 Å². The zero-order valence-electron chi connectivity index (χ0n) is 14.7. The number of aliphatic carboxylic acids is 1. The molecule has 146 valence electrons. The van der Waals surface area contributed by atoms with Crippen LogP contribution in [-0.2, 0) is 16.1 Å². The number of aryl methyl sites for hydroxylation is 1. The molecule has 2 aromatic rings. The third-order valence-electron chi connectivity index (χ3n) is 3.79. The fraction of sp³-hybridized carbons (Fsp3) is 0.389. The summed E-state index contributed by atoms with van der Waals surface area (Å²) in [6.45, 7) is 6.55. The molecule has 3 rings (SSSR count). The average Bonchev–Trinajstić information content (AvgIpc) is 2.63. The van der Waals surface area contributed by atoms with Crippen LogP contribution in [0.25, 0.3) is 11.4 Å². The van der Waals surface area contributed by atoms with E-state index in [1.54, 1.807) is 0 Å². The number of alkyl halides is 3. The number of aromatic nitrogens is 2. The lowest BCUT2D eigenvalue weighted by Gasteiger charge is -2.27. The number of morpholine rings is 1. The van der Waals surface area contributed by atoms with Gasteiger partial charge in [-0.05, 0) is 18.6 Å². The van der Waals surface area contributed by atoms with Gasteiger partial charge < -0.3 is 9.84 Å². The summed E-state index contributed by atoms with van der Waals surface area (Å²) < 4.78 is 37.1. The topological polar surface area (TPSA) is 75.5 Å². The first-order valence-corrected chi connectivity index (χ1v) is 8.25. The SMILES string of the molecule is Cc1ccnc(-c2ccccc2CN2CCOCC2)n1.O=C(O)C(F)(F)F. The molecule has 1 aromatic carbocycles. The van der Waals surface area contributed by atoms with Crippen LogP contribution >= 0.6 is 0 Å². The monoisotopic (exact) mass is 383 g/mol. The summed E-state index contributed by atoms with van der Waals surface area (Å²) in [7, 11) is 0. The molecule has 1 aliphatic heterocycles. The molecule has 0 spiro atoms. The van der Waals surface area contributed by atoms with Gasteiger partial charge in [0.15, 0.2) is 5.82 Å². The Labute approximate surface area is 154 Å². The molecule has 9 heteroatoms. The smallest absolute Gasteiger partial charge is 0.475 e. The van der Waals surface area contributed by atoms with Crippen LogP contribution in [0.5, 0.6) is 0 Å². The van der Waals surface area contributed by atoms with Crippen molar-refractivity contribution in [3.8, 4) is 11.4 Å². The predicted molar refractivity (Wildman–Crippen MR) is 92.0 cm³/mol. The van der Waals surface area contributed by atoms with Crippen LogP contribution in [0.2, 0.25) is 0 Å². The molecule has 0 saturated carbocycles. The van der Waals surface area contributed by atoms with Gasteiger partial charge in [-0.2, -0.15) is 13.2 Å². The molecule has 0 radical (unpaired) electrons. The lowest BCUT2D eigenvalue weighted by molar-refractivity contribution is -0.192. The number of hydrogen-bond donors (Lipinski definition) is 1. The molecule has 0 bridgehead atoms. The largest absolute Gasteiger partial charge is 0.490 e. The maximum Gasteiger partial charge on any atom is 0.490 e. The van der Waals surface area contributed by atoms with Gasteiger partial charge in [-0.25, -0.2) is 14.8 Å². The predicted octanol–water partition coefficient (Wildman–Crippen LogP) is 2.92. The molecule has 6 nitrogen and oxygen atoms in total. The maximum atomic E-state index is 10.6. The third kappa shape index (κ3) is 6.61. The number of carboxylic acids is 1. The van der Waals surface area contributed by atoms with Gasteiger partial charge >= 0.3 is 12.1 Å². The van der Waals surface area contributed by atoms with E-state index >= 15 is 0 Å². The Kier molecular flexibility index (Phi) is 7.26. The maximum absolute atomic E-state index is 10.6. The van der Waals surface area contributed by atoms with Crippen LogP contribution in [0.4, 0.5) is 13.2 Å². The van der Waals surface area contributed by atoms with Gasteiger partial charge in [-0.15, -0.1) is 0 Å². The second-order valence-electron chi connectivity index (χ2n) is 5.87. The van der Waals surface area contributed by atoms with Crippen LogP contribution in [0.1, 0.15) is 11.3 Å². The molecule has 2 heterocycles. The fourth-order valence-electron chi connectivity index (χ4n) is 2.46. The molecule has 1 fully saturated rings. The van der Waals surface area contributed by atoms with E-state index in [9.17, 15) is 13.2 Å². The van der Waals surface area contributed by atoms with Gasteiger partial charge in [-0.3, -0.25) is 4.90 Å². The van der Waals surface area contributed by atoms with Crippen molar-refractivity contribution in [3.05, 3.63) is 47.8 Å². The van der Waals surface area contributed by atoms with Crippen LogP contribution in [0.3, 0.4) is 0 Å². The quantitative estimate of drug-likeness (QED) is 0.879. The van der Waals surface area contributed by atoms with Crippen LogP contribution in [0.15, 0.2) is 36.5 Å². The summed E-state index contributed by atoms with van der Waals surface area (Å²) in [5, 5.41) is 7.12. The molecule has 0 amide bonds. The van der Waals surface area contributed by atoms with E-state index in [4.69, 9.17) is 14.6 Å². The Bertz CT molecular complexity index is 763. The van der Waals surface area contributed by atoms with Crippen molar-refractivity contribution in [2.24, 2.45) is 0 Å². The molecule has 1 aliphatic rings. The molecule has 27 heavy (non-hydrogen) atoms. The zero-order valence-corrected chi connectivity index (χ0v) is 14.7. The minimum atomic E-state index is -5.08. The highest BCUT2D eigenvalue weighted by Crippen LogP contribution is 2.22. The van der Waals surface area contributed by atoms with E-state index in [2.05, 4.69) is 33.1 Å². The van der Waals surface area contributed by atoms with Crippen LogP contribution in [0, 0.1) is 6.92 Å². The summed E-state index contributed by atoms with van der Waals surface area (Å²) >= 11 is 0. The van der Waals surface area contributed by atoms with E-state index < -0.39 is 12.1 Å². The number of benzene rings is 1. The first-order valence-electron chi connectivity index (χ1n) is 8.25. The molecule has 0 aliphatic carbocycles. The summed E-state index contributed by atoms with van der Waals surface area (Å²) in [6, 6.07) is 10.3. The van der Waals surface area contributed by atoms with Gasteiger partial charge in [0.1, 0.15) is 0 Å². The number of carbonyl (C=O) groups is 1. The van der Waals surface area contributed by atoms with Crippen molar-refractivity contribution in [1.29, 1.82) is 0 Å². The number of nitrogens with zero attached hydrogens (tertiary/aromatic N) is 3. The number of carboxylic acid groups (broad SMARTS) is 1. The molecular formula is C18H20F3N3O3. The average molecular weight is 383 g/mol. The van der Waals surface area contributed by atoms with Gasteiger partial charge in [0, 0.05) is 37.1 Å². The summed E-state index contributed by atoms with van der Waals surface area (Å²) in [5.74, 6) is -1.94. The Morgan fingerprint density at radius 3 is 2.44 bits per heavy atom. The number of halogens is 3. The normalized spacial score (nSPS) is 15.0. The highest BCUT2D eigenvalue weighted by molar-refractivity contribution is 5.73. The standard InChI is InChI=1S/C16H19N3O.C2HF3O2/c1-13-6-7-17-16(18-13)15-5-3-2-4-14(15)12-19-8-10-20-11-9-19;3-2(4,5)1(6)7/h2-7H,8-12H2,1H3;(H,6,7). The fourth-order valence-corrected chi connectivity index (χ4v) is 2.46. The van der Waals surface area contributed by atoms with Crippen LogP contribution < -0.4 is 0 Å². The third-order valence-corrected chi connectivity index (χ3v) is 3.79. The highest BCUT2D eigenvalue weighted by Gasteiger charge is 2.38. The lowest BCUT2D eigenvalue weighted by Crippen LogP contribution is -2.35. The number of rotatable bonds is 3. The summed E-state index contributed by atoms with van der Waals surface area (Å²) in [6.07, 6.45) is -3.26. The molecule has 1 aromatic heterocycles. The van der Waals surface area contributed by atoms with Gasteiger partial charge in [0.25, 0.3) is 0 Å².